The first-order valence-electron chi connectivity index (χ1n) is 6.85. The molecule has 0 fully saturated rings. The van der Waals surface area contributed by atoms with Gasteiger partial charge in [-0.25, -0.2) is 9.59 Å². The van der Waals surface area contributed by atoms with Gasteiger partial charge in [0, 0.05) is 16.4 Å². The molecule has 0 aliphatic carbocycles. The highest BCUT2D eigenvalue weighted by Gasteiger charge is 2.06. The summed E-state index contributed by atoms with van der Waals surface area (Å²) in [5.41, 5.74) is 1.17. The second kappa shape index (κ2) is 8.05. The Labute approximate surface area is 138 Å². The molecule has 2 rings (SSSR count). The van der Waals surface area contributed by atoms with Gasteiger partial charge in [0.15, 0.2) is 0 Å². The lowest BCUT2D eigenvalue weighted by molar-refractivity contribution is 0.104. The maximum Gasteiger partial charge on any atom is 0.513 e. The number of nitrogens with one attached hydrogen (secondary N) is 2. The Hall–Kier alpha value is -2.73. The summed E-state index contributed by atoms with van der Waals surface area (Å²) in [4.78, 5) is 23.0. The third-order valence-corrected chi connectivity index (χ3v) is 2.93. The molecular weight excluding hydrogens is 320 g/mol. The standard InChI is InChI=1S/C16H15ClN2O4/c1-2-22-16(21)23-14-9-7-13(8-10-14)19-15(20)18-12-5-3-11(17)4-6-12/h3-10H,2H2,1H3,(H2,18,19,20). The average Bonchev–Trinajstić information content (AvgIpc) is 2.52. The number of benzene rings is 2. The number of rotatable bonds is 4. The van der Waals surface area contributed by atoms with Crippen molar-refractivity contribution in [1.29, 1.82) is 0 Å². The molecule has 0 aliphatic heterocycles. The Morgan fingerprint density at radius 1 is 0.957 bits per heavy atom. The first kappa shape index (κ1) is 16.6. The van der Waals surface area contributed by atoms with E-state index >= 15 is 0 Å². The first-order valence-corrected chi connectivity index (χ1v) is 7.23. The minimum atomic E-state index is -0.770. The first-order chi connectivity index (χ1) is 11.1. The van der Waals surface area contributed by atoms with Crippen molar-refractivity contribution in [3.8, 4) is 5.75 Å². The van der Waals surface area contributed by atoms with E-state index in [1.165, 1.54) is 0 Å². The second-order valence-electron chi connectivity index (χ2n) is 4.40. The van der Waals surface area contributed by atoms with Crippen molar-refractivity contribution < 1.29 is 19.1 Å². The van der Waals surface area contributed by atoms with E-state index in [1.54, 1.807) is 55.5 Å². The highest BCUT2D eigenvalue weighted by Crippen LogP contribution is 2.17. The van der Waals surface area contributed by atoms with Gasteiger partial charge in [-0.1, -0.05) is 11.6 Å². The third kappa shape index (κ3) is 5.52. The summed E-state index contributed by atoms with van der Waals surface area (Å²) in [6.07, 6.45) is -0.770. The van der Waals surface area contributed by atoms with Crippen molar-refractivity contribution in [2.45, 2.75) is 6.92 Å². The van der Waals surface area contributed by atoms with Crippen molar-refractivity contribution in [3.63, 3.8) is 0 Å². The van der Waals surface area contributed by atoms with Gasteiger partial charge in [0.25, 0.3) is 0 Å². The fraction of sp³-hybridized carbons (Fsp3) is 0.125. The third-order valence-electron chi connectivity index (χ3n) is 2.68. The molecule has 2 aromatic carbocycles. The molecular formula is C16H15ClN2O4. The molecule has 0 atom stereocenters. The van der Waals surface area contributed by atoms with Crippen LogP contribution in [0.15, 0.2) is 48.5 Å². The van der Waals surface area contributed by atoms with Crippen molar-refractivity contribution in [3.05, 3.63) is 53.6 Å². The van der Waals surface area contributed by atoms with Crippen LogP contribution in [-0.2, 0) is 4.74 Å². The van der Waals surface area contributed by atoms with Crippen molar-refractivity contribution >= 4 is 35.2 Å². The number of anilines is 2. The predicted molar refractivity (Wildman–Crippen MR) is 88.2 cm³/mol. The van der Waals surface area contributed by atoms with Crippen LogP contribution in [0.4, 0.5) is 21.0 Å². The van der Waals surface area contributed by atoms with E-state index in [1.807, 2.05) is 0 Å². The maximum atomic E-state index is 11.9. The van der Waals surface area contributed by atoms with Crippen molar-refractivity contribution in [2.24, 2.45) is 0 Å². The largest absolute Gasteiger partial charge is 0.513 e. The molecule has 0 unspecified atom stereocenters. The monoisotopic (exact) mass is 334 g/mol. The van der Waals surface area contributed by atoms with E-state index in [-0.39, 0.29) is 6.61 Å². The van der Waals surface area contributed by atoms with Gasteiger partial charge in [-0.05, 0) is 55.5 Å². The topological polar surface area (TPSA) is 76.7 Å². The number of urea groups is 1. The van der Waals surface area contributed by atoms with Crippen LogP contribution in [-0.4, -0.2) is 18.8 Å². The van der Waals surface area contributed by atoms with Crippen LogP contribution in [0.25, 0.3) is 0 Å². The zero-order chi connectivity index (χ0) is 16.7. The van der Waals surface area contributed by atoms with E-state index in [4.69, 9.17) is 16.3 Å². The van der Waals surface area contributed by atoms with Gasteiger partial charge in [0.1, 0.15) is 5.75 Å². The lowest BCUT2D eigenvalue weighted by atomic mass is 10.3. The van der Waals surface area contributed by atoms with Gasteiger partial charge in [0.05, 0.1) is 6.61 Å². The molecule has 6 nitrogen and oxygen atoms in total. The van der Waals surface area contributed by atoms with Crippen LogP contribution in [0.1, 0.15) is 6.92 Å². The Kier molecular flexibility index (Phi) is 5.82. The summed E-state index contributed by atoms with van der Waals surface area (Å²) >= 11 is 5.78. The minimum Gasteiger partial charge on any atom is -0.434 e. The highest BCUT2D eigenvalue weighted by atomic mass is 35.5. The summed E-state index contributed by atoms with van der Waals surface area (Å²) in [5.74, 6) is 0.326. The van der Waals surface area contributed by atoms with Crippen molar-refractivity contribution in [1.82, 2.24) is 0 Å². The summed E-state index contributed by atoms with van der Waals surface area (Å²) < 4.78 is 9.58. The molecule has 2 amide bonds. The zero-order valence-electron chi connectivity index (χ0n) is 12.3. The minimum absolute atomic E-state index is 0.239. The number of carbonyl (C=O) groups excluding carboxylic acids is 2. The maximum absolute atomic E-state index is 11.9. The second-order valence-corrected chi connectivity index (χ2v) is 4.83. The molecule has 0 bridgehead atoms. The Balaban J connectivity index is 1.88. The summed E-state index contributed by atoms with van der Waals surface area (Å²) in [6.45, 7) is 1.93. The number of ether oxygens (including phenoxy) is 2. The normalized spacial score (nSPS) is 9.83. The summed E-state index contributed by atoms with van der Waals surface area (Å²) in [7, 11) is 0. The molecule has 23 heavy (non-hydrogen) atoms. The smallest absolute Gasteiger partial charge is 0.434 e. The van der Waals surface area contributed by atoms with Gasteiger partial charge in [0.2, 0.25) is 0 Å². The van der Waals surface area contributed by atoms with E-state index in [0.717, 1.165) is 0 Å². The fourth-order valence-corrected chi connectivity index (χ4v) is 1.80. The molecule has 0 saturated carbocycles. The quantitative estimate of drug-likeness (QED) is 0.636. The van der Waals surface area contributed by atoms with E-state index in [0.29, 0.717) is 22.1 Å². The number of hydrogen-bond acceptors (Lipinski definition) is 4. The van der Waals surface area contributed by atoms with Crippen LogP contribution in [0, 0.1) is 0 Å². The summed E-state index contributed by atoms with van der Waals surface area (Å²) in [5, 5.41) is 5.91. The molecule has 2 aromatic rings. The lowest BCUT2D eigenvalue weighted by Crippen LogP contribution is -2.19. The lowest BCUT2D eigenvalue weighted by Gasteiger charge is -2.08. The molecule has 120 valence electrons. The van der Waals surface area contributed by atoms with Gasteiger partial charge in [-0.2, -0.15) is 0 Å². The van der Waals surface area contributed by atoms with Gasteiger partial charge in [-0.15, -0.1) is 0 Å². The van der Waals surface area contributed by atoms with Crippen LogP contribution in [0.3, 0.4) is 0 Å². The van der Waals surface area contributed by atoms with E-state index < -0.39 is 12.2 Å². The molecule has 0 heterocycles. The van der Waals surface area contributed by atoms with Crippen LogP contribution in [0.5, 0.6) is 5.75 Å². The van der Waals surface area contributed by atoms with E-state index in [9.17, 15) is 9.59 Å². The molecule has 2 N–H and O–H groups in total. The summed E-state index contributed by atoms with van der Waals surface area (Å²) in [6, 6.07) is 12.7. The SMILES string of the molecule is CCOC(=O)Oc1ccc(NC(=O)Nc2ccc(Cl)cc2)cc1. The predicted octanol–water partition coefficient (Wildman–Crippen LogP) is 4.52. The molecule has 0 aromatic heterocycles. The molecule has 0 radical (unpaired) electrons. The van der Waals surface area contributed by atoms with Gasteiger partial charge < -0.3 is 20.1 Å². The number of halogens is 1. The number of hydrogen-bond donors (Lipinski definition) is 2. The fourth-order valence-electron chi connectivity index (χ4n) is 1.68. The molecule has 0 aliphatic rings. The Morgan fingerprint density at radius 2 is 1.48 bits per heavy atom. The molecule has 7 heteroatoms. The van der Waals surface area contributed by atoms with Crippen molar-refractivity contribution in [2.75, 3.05) is 17.2 Å². The van der Waals surface area contributed by atoms with Gasteiger partial charge >= 0.3 is 12.2 Å². The molecule has 0 spiro atoms. The molecule has 0 saturated heterocycles. The van der Waals surface area contributed by atoms with E-state index in [2.05, 4.69) is 15.4 Å². The van der Waals surface area contributed by atoms with Gasteiger partial charge in [-0.3, -0.25) is 0 Å². The Bertz CT molecular complexity index is 671. The average molecular weight is 335 g/mol. The zero-order valence-corrected chi connectivity index (χ0v) is 13.1. The van der Waals surface area contributed by atoms with Crippen LogP contribution < -0.4 is 15.4 Å². The number of carbonyl (C=O) groups is 2. The van der Waals surface area contributed by atoms with Crippen LogP contribution in [0.2, 0.25) is 5.02 Å². The number of amides is 2. The highest BCUT2D eigenvalue weighted by molar-refractivity contribution is 6.30. The van der Waals surface area contributed by atoms with Crippen LogP contribution >= 0.6 is 11.6 Å². The Morgan fingerprint density at radius 3 is 2.00 bits per heavy atom.